The van der Waals surface area contributed by atoms with Crippen molar-refractivity contribution in [2.75, 3.05) is 26.2 Å². The maximum absolute atomic E-state index is 12.7. The van der Waals surface area contributed by atoms with Crippen molar-refractivity contribution in [3.8, 4) is 5.88 Å². The lowest BCUT2D eigenvalue weighted by Gasteiger charge is -2.38. The van der Waals surface area contributed by atoms with Crippen molar-refractivity contribution in [1.82, 2.24) is 14.7 Å². The molecule has 3 rings (SSSR count). The van der Waals surface area contributed by atoms with Gasteiger partial charge in [0, 0.05) is 19.7 Å². The van der Waals surface area contributed by atoms with Gasteiger partial charge in [0.25, 0.3) is 0 Å². The molecule has 0 radical (unpaired) electrons. The van der Waals surface area contributed by atoms with E-state index in [1.165, 1.54) is 39.4 Å². The molecule has 0 bridgehead atoms. The highest BCUT2D eigenvalue weighted by Crippen LogP contribution is 2.36. The van der Waals surface area contributed by atoms with Gasteiger partial charge < -0.3 is 9.64 Å². The molecule has 0 aromatic carbocycles. The Labute approximate surface area is 128 Å². The summed E-state index contributed by atoms with van der Waals surface area (Å²) in [6.45, 7) is 3.93. The quantitative estimate of drug-likeness (QED) is 0.836. The molecule has 1 aliphatic carbocycles. The number of nitrogens with zero attached hydrogens (tertiary/aromatic N) is 3. The van der Waals surface area contributed by atoms with Gasteiger partial charge in [-0.05, 0) is 50.6 Å². The molecule has 0 N–H and O–H groups in total. The van der Waals surface area contributed by atoms with Crippen LogP contribution in [0.3, 0.4) is 0 Å². The van der Waals surface area contributed by atoms with Gasteiger partial charge in [-0.2, -0.15) is 13.2 Å². The molecule has 1 aromatic rings. The zero-order valence-electron chi connectivity index (χ0n) is 12.8. The SMILES string of the molecule is Cn1nc(OC[C@H]2CC[C@H]2CN2CCCC2)cc1C(F)(F)F. The zero-order chi connectivity index (χ0) is 15.7. The van der Waals surface area contributed by atoms with E-state index in [-0.39, 0.29) is 5.88 Å². The molecular formula is C15H22F3N3O. The number of aromatic nitrogens is 2. The second kappa shape index (κ2) is 6.10. The topological polar surface area (TPSA) is 30.3 Å². The maximum Gasteiger partial charge on any atom is 0.433 e. The molecule has 1 saturated carbocycles. The number of aryl methyl sites for hydroxylation is 1. The van der Waals surface area contributed by atoms with Crippen LogP contribution < -0.4 is 4.74 Å². The third kappa shape index (κ3) is 3.39. The summed E-state index contributed by atoms with van der Waals surface area (Å²) in [5, 5.41) is 3.80. The summed E-state index contributed by atoms with van der Waals surface area (Å²) in [5.41, 5.74) is -0.773. The second-order valence-electron chi connectivity index (χ2n) is 6.41. The van der Waals surface area contributed by atoms with Crippen LogP contribution in [0.1, 0.15) is 31.4 Å². The highest BCUT2D eigenvalue weighted by Gasteiger charge is 2.36. The Morgan fingerprint density at radius 2 is 1.91 bits per heavy atom. The first-order chi connectivity index (χ1) is 10.4. The molecular weight excluding hydrogens is 295 g/mol. The Kier molecular flexibility index (Phi) is 4.34. The van der Waals surface area contributed by atoms with Crippen LogP contribution in [-0.2, 0) is 13.2 Å². The van der Waals surface area contributed by atoms with Gasteiger partial charge in [0.1, 0.15) is 5.69 Å². The number of rotatable bonds is 5. The van der Waals surface area contributed by atoms with Crippen molar-refractivity contribution in [2.24, 2.45) is 18.9 Å². The highest BCUT2D eigenvalue weighted by atomic mass is 19.4. The van der Waals surface area contributed by atoms with Gasteiger partial charge in [-0.3, -0.25) is 4.68 Å². The largest absolute Gasteiger partial charge is 0.476 e. The number of hydrogen-bond donors (Lipinski definition) is 0. The van der Waals surface area contributed by atoms with E-state index >= 15 is 0 Å². The molecule has 2 aliphatic rings. The predicted molar refractivity (Wildman–Crippen MR) is 75.6 cm³/mol. The third-order valence-electron chi connectivity index (χ3n) is 4.86. The van der Waals surface area contributed by atoms with Gasteiger partial charge in [0.15, 0.2) is 0 Å². The van der Waals surface area contributed by atoms with Crippen LogP contribution in [0.15, 0.2) is 6.07 Å². The molecule has 1 aliphatic heterocycles. The second-order valence-corrected chi connectivity index (χ2v) is 6.41. The van der Waals surface area contributed by atoms with E-state index in [2.05, 4.69) is 10.00 Å². The van der Waals surface area contributed by atoms with E-state index in [1.807, 2.05) is 0 Å². The van der Waals surface area contributed by atoms with Crippen LogP contribution in [0, 0.1) is 11.8 Å². The molecule has 0 spiro atoms. The fourth-order valence-electron chi connectivity index (χ4n) is 3.36. The lowest BCUT2D eigenvalue weighted by molar-refractivity contribution is -0.143. The summed E-state index contributed by atoms with van der Waals surface area (Å²) in [6, 6.07) is 0.980. The van der Waals surface area contributed by atoms with E-state index in [9.17, 15) is 13.2 Å². The van der Waals surface area contributed by atoms with Gasteiger partial charge in [-0.25, -0.2) is 0 Å². The van der Waals surface area contributed by atoms with E-state index in [4.69, 9.17) is 4.74 Å². The lowest BCUT2D eigenvalue weighted by atomic mass is 9.74. The minimum atomic E-state index is -4.39. The van der Waals surface area contributed by atoms with Crippen molar-refractivity contribution in [1.29, 1.82) is 0 Å². The molecule has 0 amide bonds. The molecule has 1 aromatic heterocycles. The van der Waals surface area contributed by atoms with Gasteiger partial charge >= 0.3 is 6.18 Å². The standard InChI is InChI=1S/C15H22F3N3O/c1-20-13(15(16,17)18)8-14(19-20)22-10-12-5-4-11(12)9-21-6-2-3-7-21/h8,11-12H,2-7,9-10H2,1H3/t11-,12+/m0/s1. The van der Waals surface area contributed by atoms with Crippen LogP contribution in [0.2, 0.25) is 0 Å². The number of halogens is 3. The van der Waals surface area contributed by atoms with Crippen LogP contribution in [-0.4, -0.2) is 40.9 Å². The van der Waals surface area contributed by atoms with Crippen molar-refractivity contribution in [3.05, 3.63) is 11.8 Å². The number of hydrogen-bond acceptors (Lipinski definition) is 3. The fourth-order valence-corrected chi connectivity index (χ4v) is 3.36. The van der Waals surface area contributed by atoms with E-state index in [0.29, 0.717) is 18.4 Å². The zero-order valence-corrected chi connectivity index (χ0v) is 12.8. The number of alkyl halides is 3. The molecule has 4 nitrogen and oxygen atoms in total. The minimum Gasteiger partial charge on any atom is -0.476 e. The average Bonchev–Trinajstić information content (AvgIpc) is 3.03. The first-order valence-corrected chi connectivity index (χ1v) is 7.90. The van der Waals surface area contributed by atoms with Gasteiger partial charge in [0.2, 0.25) is 5.88 Å². The Morgan fingerprint density at radius 1 is 1.23 bits per heavy atom. The first kappa shape index (κ1) is 15.6. The molecule has 7 heteroatoms. The lowest BCUT2D eigenvalue weighted by Crippen LogP contribution is -2.39. The first-order valence-electron chi connectivity index (χ1n) is 7.90. The van der Waals surface area contributed by atoms with Crippen molar-refractivity contribution < 1.29 is 17.9 Å². The monoisotopic (exact) mass is 317 g/mol. The maximum atomic E-state index is 12.7. The Hall–Kier alpha value is -1.24. The normalized spacial score (nSPS) is 26.2. The smallest absolute Gasteiger partial charge is 0.433 e. The fraction of sp³-hybridized carbons (Fsp3) is 0.800. The van der Waals surface area contributed by atoms with Crippen LogP contribution >= 0.6 is 0 Å². The van der Waals surface area contributed by atoms with Gasteiger partial charge in [-0.1, -0.05) is 0 Å². The van der Waals surface area contributed by atoms with E-state index < -0.39 is 11.9 Å². The average molecular weight is 317 g/mol. The van der Waals surface area contributed by atoms with Crippen LogP contribution in [0.5, 0.6) is 5.88 Å². The van der Waals surface area contributed by atoms with E-state index in [0.717, 1.165) is 23.7 Å². The molecule has 22 heavy (non-hydrogen) atoms. The molecule has 0 unspecified atom stereocenters. The third-order valence-corrected chi connectivity index (χ3v) is 4.86. The van der Waals surface area contributed by atoms with Crippen molar-refractivity contribution in [3.63, 3.8) is 0 Å². The molecule has 2 heterocycles. The summed E-state index contributed by atoms with van der Waals surface area (Å²) in [4.78, 5) is 2.49. The van der Waals surface area contributed by atoms with Crippen molar-refractivity contribution >= 4 is 0 Å². The highest BCUT2D eigenvalue weighted by molar-refractivity contribution is 5.18. The van der Waals surface area contributed by atoms with Crippen molar-refractivity contribution in [2.45, 2.75) is 31.9 Å². The summed E-state index contributed by atoms with van der Waals surface area (Å²) >= 11 is 0. The van der Waals surface area contributed by atoms with Crippen LogP contribution in [0.25, 0.3) is 0 Å². The summed E-state index contributed by atoms with van der Waals surface area (Å²) in [7, 11) is 1.29. The Morgan fingerprint density at radius 3 is 2.45 bits per heavy atom. The van der Waals surface area contributed by atoms with Crippen LogP contribution in [0.4, 0.5) is 13.2 Å². The Bertz CT molecular complexity index is 509. The molecule has 124 valence electrons. The number of likely N-dealkylation sites (tertiary alicyclic amines) is 1. The summed E-state index contributed by atoms with van der Waals surface area (Å²) < 4.78 is 44.5. The minimum absolute atomic E-state index is 0.0710. The molecule has 2 atom stereocenters. The number of ether oxygens (including phenoxy) is 1. The van der Waals surface area contributed by atoms with Gasteiger partial charge in [-0.15, -0.1) is 5.10 Å². The summed E-state index contributed by atoms with van der Waals surface area (Å²) in [5.74, 6) is 1.13. The predicted octanol–water partition coefficient (Wildman–Crippen LogP) is 2.94. The van der Waals surface area contributed by atoms with E-state index in [1.54, 1.807) is 0 Å². The molecule has 2 fully saturated rings. The Balaban J connectivity index is 1.50. The molecule has 1 saturated heterocycles. The summed E-state index contributed by atoms with van der Waals surface area (Å²) in [6.07, 6.45) is 0.459. The van der Waals surface area contributed by atoms with Gasteiger partial charge in [0.05, 0.1) is 6.61 Å².